The second-order valence-corrected chi connectivity index (χ2v) is 27.5. The number of aromatic nitrogens is 8. The van der Waals surface area contributed by atoms with E-state index in [-0.39, 0.29) is 27.4 Å². The number of nitrogens with zero attached hydrogens (tertiary/aromatic N) is 8. The summed E-state index contributed by atoms with van der Waals surface area (Å²) in [5.74, 6) is 3.58. The molecule has 0 aliphatic rings. The lowest BCUT2D eigenvalue weighted by molar-refractivity contribution is 0.476. The summed E-state index contributed by atoms with van der Waals surface area (Å²) in [6.07, 6.45) is 7.51. The smallest absolute Gasteiger partial charge is 0.137 e. The minimum atomic E-state index is 0.00963. The predicted octanol–water partition coefficient (Wildman–Crippen LogP) is 20.2. The molecular weight excluding hydrogens is 1140 g/mol. The maximum absolute atomic E-state index is 10.2. The van der Waals surface area contributed by atoms with Crippen LogP contribution in [0.5, 0.6) is 17.2 Å². The molecule has 8 aromatic carbocycles. The number of phenols is 1. The van der Waals surface area contributed by atoms with E-state index in [1.807, 2.05) is 97.8 Å². The molecule has 0 aliphatic carbocycles. The first-order valence-corrected chi connectivity index (χ1v) is 30.4. The standard InChI is InChI=1S/C38H36N4O.C25H28N2O.C13H9BrN2/c1-37(2,3)25-14-17-33-31(20-25)30-16-15-29(23-35(30)42(33)36-21-26(18-19-39-36)38(4,5)6)43-28-11-9-10-27(22-28)41-24-40-32-12-7-8-13-34(32)41;1-24(2,3)16-7-10-21-20(13-16)19-9-8-18(28)15-22(19)27(21)23-14-17(11-12-26-23)25(4,5)6;14-10-4-3-5-11(8-10)16-9-15-12-6-1-2-7-13(12)16/h7-24H,1-6H3;7-15,28H,1-6H3;1-9H. The number of aromatic hydroxyl groups is 1. The molecule has 0 fully saturated rings. The number of imidazole rings is 2. The number of fused-ring (bicyclic) bond motifs is 8. The number of hydrogen-bond donors (Lipinski definition) is 1. The maximum Gasteiger partial charge on any atom is 0.137 e. The minimum absolute atomic E-state index is 0.00963. The molecule has 0 unspecified atom stereocenters. The van der Waals surface area contributed by atoms with Gasteiger partial charge in [-0.1, -0.05) is 148 Å². The van der Waals surface area contributed by atoms with Crippen LogP contribution in [-0.2, 0) is 21.7 Å². The number of hydrogen-bond acceptors (Lipinski definition) is 6. The van der Waals surface area contributed by atoms with Gasteiger partial charge >= 0.3 is 0 Å². The summed E-state index contributed by atoms with van der Waals surface area (Å²) in [7, 11) is 0. The average molecular weight is 1210 g/mol. The Hall–Kier alpha value is -9.32. The zero-order valence-electron chi connectivity index (χ0n) is 51.6. The number of para-hydroxylation sites is 4. The van der Waals surface area contributed by atoms with E-state index in [0.29, 0.717) is 0 Å². The Labute approximate surface area is 517 Å². The molecule has 0 spiro atoms. The third kappa shape index (κ3) is 11.8. The molecule has 0 saturated heterocycles. The molecule has 6 aromatic heterocycles. The van der Waals surface area contributed by atoms with E-state index in [1.54, 1.807) is 6.07 Å². The number of ether oxygens (including phenoxy) is 1. The Bertz CT molecular complexity index is 4880. The molecule has 0 aliphatic heterocycles. The van der Waals surface area contributed by atoms with Crippen molar-refractivity contribution in [3.63, 3.8) is 0 Å². The predicted molar refractivity (Wildman–Crippen MR) is 364 cm³/mol. The molecule has 87 heavy (non-hydrogen) atoms. The fourth-order valence-corrected chi connectivity index (χ4v) is 11.7. The van der Waals surface area contributed by atoms with Gasteiger partial charge in [0.05, 0.1) is 49.8 Å². The molecule has 436 valence electrons. The topological polar surface area (TPSA) is 101 Å². The van der Waals surface area contributed by atoms with E-state index in [4.69, 9.17) is 9.72 Å². The van der Waals surface area contributed by atoms with Gasteiger partial charge in [-0.15, -0.1) is 0 Å². The van der Waals surface area contributed by atoms with E-state index in [1.165, 1.54) is 38.4 Å². The van der Waals surface area contributed by atoms with Crippen molar-refractivity contribution in [2.45, 2.75) is 105 Å². The normalized spacial score (nSPS) is 12.2. The van der Waals surface area contributed by atoms with Gasteiger partial charge < -0.3 is 9.84 Å². The first kappa shape index (κ1) is 58.1. The summed E-state index contributed by atoms with van der Waals surface area (Å²) in [6.45, 7) is 26.8. The van der Waals surface area contributed by atoms with Crippen molar-refractivity contribution in [1.29, 1.82) is 0 Å². The van der Waals surface area contributed by atoms with Gasteiger partial charge in [0, 0.05) is 62.3 Å². The summed E-state index contributed by atoms with van der Waals surface area (Å²) < 4.78 is 16.2. The number of benzene rings is 8. The number of phenolic OH excluding ortho intramolecular Hbond substituents is 1. The number of rotatable bonds is 6. The van der Waals surface area contributed by atoms with Crippen LogP contribution in [0.2, 0.25) is 0 Å². The van der Waals surface area contributed by atoms with E-state index >= 15 is 0 Å². The molecule has 0 saturated carbocycles. The van der Waals surface area contributed by atoms with Crippen molar-refractivity contribution in [3.05, 3.63) is 246 Å². The highest BCUT2D eigenvalue weighted by atomic mass is 79.9. The van der Waals surface area contributed by atoms with Gasteiger partial charge in [-0.25, -0.2) is 19.9 Å². The number of pyridine rings is 2. The Balaban J connectivity index is 0.000000143. The zero-order valence-corrected chi connectivity index (χ0v) is 53.2. The molecule has 0 amide bonds. The molecule has 6 heterocycles. The van der Waals surface area contributed by atoms with E-state index < -0.39 is 0 Å². The fraction of sp³-hybridized carbons (Fsp3) is 0.211. The summed E-state index contributed by atoms with van der Waals surface area (Å²) >= 11 is 3.48. The maximum atomic E-state index is 10.2. The largest absolute Gasteiger partial charge is 0.508 e. The van der Waals surface area contributed by atoms with Crippen LogP contribution in [-0.4, -0.2) is 43.3 Å². The second kappa shape index (κ2) is 22.5. The lowest BCUT2D eigenvalue weighted by Crippen LogP contribution is -2.12. The van der Waals surface area contributed by atoms with Crippen LogP contribution >= 0.6 is 15.9 Å². The summed E-state index contributed by atoms with van der Waals surface area (Å²) in [6, 6.07) is 66.6. The van der Waals surface area contributed by atoms with E-state index in [9.17, 15) is 5.11 Å². The van der Waals surface area contributed by atoms with Gasteiger partial charge in [-0.2, -0.15) is 0 Å². The van der Waals surface area contributed by atoms with Crippen molar-refractivity contribution in [3.8, 4) is 40.3 Å². The molecule has 14 aromatic rings. The van der Waals surface area contributed by atoms with Crippen LogP contribution in [0, 0.1) is 0 Å². The van der Waals surface area contributed by atoms with Crippen LogP contribution in [0.1, 0.15) is 105 Å². The summed E-state index contributed by atoms with van der Waals surface area (Å²) in [5, 5.41) is 14.9. The highest BCUT2D eigenvalue weighted by Crippen LogP contribution is 2.40. The molecule has 10 nitrogen and oxygen atoms in total. The van der Waals surface area contributed by atoms with Gasteiger partial charge in [-0.05, 0) is 171 Å². The third-order valence-corrected chi connectivity index (χ3v) is 16.7. The highest BCUT2D eigenvalue weighted by Gasteiger charge is 2.23. The first-order valence-electron chi connectivity index (χ1n) is 29.6. The van der Waals surface area contributed by atoms with Crippen molar-refractivity contribution in [2.75, 3.05) is 0 Å². The van der Waals surface area contributed by atoms with Gasteiger partial charge in [0.25, 0.3) is 0 Å². The third-order valence-electron chi connectivity index (χ3n) is 16.2. The van der Waals surface area contributed by atoms with Crippen molar-refractivity contribution in [1.82, 2.24) is 38.2 Å². The van der Waals surface area contributed by atoms with Gasteiger partial charge in [0.15, 0.2) is 0 Å². The van der Waals surface area contributed by atoms with E-state index in [2.05, 4.69) is 247 Å². The van der Waals surface area contributed by atoms with Gasteiger partial charge in [-0.3, -0.25) is 18.3 Å². The SMILES string of the molecule is Brc1cccc(-n2cnc3ccccc32)c1.CC(C)(C)c1ccnc(-n2c3ccc(C(C)(C)C)cc3c3ccc(O)cc32)c1.CC(C)(C)c1ccnc(-n2c3ccc(C(C)(C)C)cc3c3ccc(Oc4cccc(-n5cnc6ccccc65)c4)cc32)c1. The Morgan fingerprint density at radius 3 is 1.31 bits per heavy atom. The molecule has 0 bridgehead atoms. The van der Waals surface area contributed by atoms with Crippen LogP contribution in [0.25, 0.3) is 88.7 Å². The lowest BCUT2D eigenvalue weighted by atomic mass is 9.86. The fourth-order valence-electron chi connectivity index (χ4n) is 11.3. The first-order chi connectivity index (χ1) is 41.5. The Morgan fingerprint density at radius 2 is 0.805 bits per heavy atom. The quantitative estimate of drug-likeness (QED) is 0.178. The zero-order chi connectivity index (χ0) is 61.2. The van der Waals surface area contributed by atoms with Gasteiger partial charge in [0.2, 0.25) is 0 Å². The summed E-state index contributed by atoms with van der Waals surface area (Å²) in [4.78, 5) is 18.5. The summed E-state index contributed by atoms with van der Waals surface area (Å²) in [5.41, 5.74) is 15.8. The molecule has 14 rings (SSSR count). The molecule has 1 N–H and O–H groups in total. The van der Waals surface area contributed by atoms with Crippen molar-refractivity contribution >= 4 is 81.6 Å². The van der Waals surface area contributed by atoms with Crippen molar-refractivity contribution < 1.29 is 9.84 Å². The second-order valence-electron chi connectivity index (χ2n) is 26.6. The van der Waals surface area contributed by atoms with Crippen LogP contribution < -0.4 is 4.74 Å². The number of halogens is 1. The van der Waals surface area contributed by atoms with Gasteiger partial charge in [0.1, 0.15) is 41.5 Å². The van der Waals surface area contributed by atoms with Crippen LogP contribution in [0.15, 0.2) is 224 Å². The monoisotopic (exact) mass is 1210 g/mol. The minimum Gasteiger partial charge on any atom is -0.508 e. The molecule has 0 atom stereocenters. The van der Waals surface area contributed by atoms with E-state index in [0.717, 1.165) is 88.5 Å². The Morgan fingerprint density at radius 1 is 0.356 bits per heavy atom. The molecule has 0 radical (unpaired) electrons. The average Bonchev–Trinajstić information content (AvgIpc) is 1.72. The van der Waals surface area contributed by atoms with Crippen LogP contribution in [0.3, 0.4) is 0 Å². The Kier molecular flexibility index (Phi) is 15.0. The van der Waals surface area contributed by atoms with Crippen molar-refractivity contribution in [2.24, 2.45) is 0 Å². The molecular formula is C76H73BrN8O2. The molecule has 11 heteroatoms. The van der Waals surface area contributed by atoms with Crippen LogP contribution in [0.4, 0.5) is 0 Å². The lowest BCUT2D eigenvalue weighted by Gasteiger charge is -2.20. The highest BCUT2D eigenvalue weighted by molar-refractivity contribution is 9.10.